The summed E-state index contributed by atoms with van der Waals surface area (Å²) in [5, 5.41) is 4.91. The van der Waals surface area contributed by atoms with E-state index < -0.39 is 33.4 Å². The monoisotopic (exact) mass is 267 g/mol. The first-order chi connectivity index (χ1) is 7.73. The fourth-order valence-electron chi connectivity index (χ4n) is 1.43. The average Bonchev–Trinajstić information content (AvgIpc) is 2.26. The largest absolute Gasteiger partial charge is 0.250 e. The van der Waals surface area contributed by atoms with Crippen LogP contribution in [0.4, 0.5) is 13.2 Å². The Balaban J connectivity index is 3.51. The summed E-state index contributed by atoms with van der Waals surface area (Å²) in [5.41, 5.74) is -2.48. The Kier molecular flexibility index (Phi) is 3.83. The topological polar surface area (TPSA) is 60.2 Å². The highest BCUT2D eigenvalue weighted by Gasteiger charge is 2.40. The summed E-state index contributed by atoms with van der Waals surface area (Å²) in [4.78, 5) is -0.472. The maximum atomic E-state index is 12.9. The molecule has 2 N–H and O–H groups in total. The smallest absolute Gasteiger partial charge is 0.250 e. The molecule has 0 amide bonds. The molecule has 0 spiro atoms. The van der Waals surface area contributed by atoms with Crippen LogP contribution in [-0.2, 0) is 15.4 Å². The molecule has 1 aromatic carbocycles. The number of hydrogen-bond acceptors (Lipinski definition) is 2. The molecule has 3 nitrogen and oxygen atoms in total. The molecule has 0 saturated heterocycles. The lowest BCUT2D eigenvalue weighted by atomic mass is 9.84. The molecule has 0 radical (unpaired) electrons. The molecular weight excluding hydrogens is 255 g/mol. The van der Waals surface area contributed by atoms with E-state index >= 15 is 0 Å². The van der Waals surface area contributed by atoms with Gasteiger partial charge in [-0.05, 0) is 18.6 Å². The summed E-state index contributed by atoms with van der Waals surface area (Å²) < 4.78 is 61.1. The van der Waals surface area contributed by atoms with E-state index in [1.54, 1.807) is 0 Å². The van der Waals surface area contributed by atoms with E-state index in [0.717, 1.165) is 19.1 Å². The minimum atomic E-state index is -4.16. The summed E-state index contributed by atoms with van der Waals surface area (Å²) in [6, 6.07) is 4.93. The van der Waals surface area contributed by atoms with Crippen LogP contribution in [0.5, 0.6) is 0 Å². The third-order valence-corrected chi connectivity index (χ3v) is 3.54. The van der Waals surface area contributed by atoms with Gasteiger partial charge in [0.15, 0.2) is 0 Å². The van der Waals surface area contributed by atoms with Crippen LogP contribution < -0.4 is 5.14 Å². The number of alkyl halides is 3. The van der Waals surface area contributed by atoms with Crippen molar-refractivity contribution >= 4 is 10.0 Å². The zero-order valence-corrected chi connectivity index (χ0v) is 9.85. The van der Waals surface area contributed by atoms with Gasteiger partial charge in [-0.2, -0.15) is 0 Å². The SMILES string of the molecule is CC(CF)(c1ccccc1S(N)(=O)=O)C(F)F. The molecule has 7 heteroatoms. The van der Waals surface area contributed by atoms with Crippen LogP contribution in [0.15, 0.2) is 29.2 Å². The summed E-state index contributed by atoms with van der Waals surface area (Å²) in [5.74, 6) is 0. The van der Waals surface area contributed by atoms with Gasteiger partial charge in [0.25, 0.3) is 0 Å². The van der Waals surface area contributed by atoms with E-state index in [9.17, 15) is 21.6 Å². The lowest BCUT2D eigenvalue weighted by Crippen LogP contribution is -2.35. The quantitative estimate of drug-likeness (QED) is 0.904. The maximum Gasteiger partial charge on any atom is 0.250 e. The zero-order chi connectivity index (χ0) is 13.3. The number of rotatable bonds is 4. The van der Waals surface area contributed by atoms with E-state index in [4.69, 9.17) is 5.14 Å². The Bertz CT molecular complexity index is 504. The second-order valence-corrected chi connectivity index (χ2v) is 5.42. The minimum absolute atomic E-state index is 0.306. The van der Waals surface area contributed by atoms with E-state index in [2.05, 4.69) is 0 Å². The van der Waals surface area contributed by atoms with Crippen molar-refractivity contribution in [2.45, 2.75) is 23.7 Å². The van der Waals surface area contributed by atoms with E-state index in [0.29, 0.717) is 0 Å². The van der Waals surface area contributed by atoms with Crippen molar-refractivity contribution in [1.29, 1.82) is 0 Å². The number of hydrogen-bond donors (Lipinski definition) is 1. The highest BCUT2D eigenvalue weighted by atomic mass is 32.2. The van der Waals surface area contributed by atoms with Crippen molar-refractivity contribution in [3.8, 4) is 0 Å². The van der Waals surface area contributed by atoms with E-state index in [1.807, 2.05) is 0 Å². The lowest BCUT2D eigenvalue weighted by molar-refractivity contribution is 0.0423. The minimum Gasteiger partial charge on any atom is -0.250 e. The molecule has 0 aliphatic carbocycles. The Morgan fingerprint density at radius 3 is 2.29 bits per heavy atom. The average molecular weight is 267 g/mol. The van der Waals surface area contributed by atoms with Crippen LogP contribution >= 0.6 is 0 Å². The van der Waals surface area contributed by atoms with Gasteiger partial charge >= 0.3 is 0 Å². The molecule has 0 aliphatic heterocycles. The normalized spacial score (nSPS) is 15.9. The number of nitrogens with two attached hydrogens (primary N) is 1. The molecule has 0 aromatic heterocycles. The maximum absolute atomic E-state index is 12.9. The first kappa shape index (κ1) is 14.0. The first-order valence-corrected chi connectivity index (χ1v) is 6.24. The molecule has 0 saturated carbocycles. The summed E-state index contributed by atoms with van der Waals surface area (Å²) in [6.45, 7) is -0.418. The van der Waals surface area contributed by atoms with Crippen LogP contribution in [0.25, 0.3) is 0 Å². The molecule has 0 heterocycles. The van der Waals surface area contributed by atoms with Gasteiger partial charge in [-0.1, -0.05) is 18.2 Å². The van der Waals surface area contributed by atoms with Crippen LogP contribution in [0.1, 0.15) is 12.5 Å². The number of primary sulfonamides is 1. The van der Waals surface area contributed by atoms with Crippen LogP contribution in [-0.4, -0.2) is 21.5 Å². The molecule has 17 heavy (non-hydrogen) atoms. The summed E-state index contributed by atoms with van der Waals surface area (Å²) in [6.07, 6.45) is -3.03. The molecular formula is C10H12F3NO2S. The van der Waals surface area contributed by atoms with Gasteiger partial charge in [0.1, 0.15) is 6.67 Å². The van der Waals surface area contributed by atoms with Crippen molar-refractivity contribution < 1.29 is 21.6 Å². The van der Waals surface area contributed by atoms with Crippen LogP contribution in [0.2, 0.25) is 0 Å². The Morgan fingerprint density at radius 1 is 1.35 bits per heavy atom. The fraction of sp³-hybridized carbons (Fsp3) is 0.400. The van der Waals surface area contributed by atoms with Crippen molar-refractivity contribution in [2.75, 3.05) is 6.67 Å². The molecule has 0 bridgehead atoms. The standard InChI is InChI=1S/C10H12F3NO2S/c1-10(6-11,9(12)13)7-4-2-3-5-8(7)17(14,15)16/h2-5,9H,6H2,1H3,(H2,14,15,16). The predicted molar refractivity (Wildman–Crippen MR) is 57.1 cm³/mol. The number of benzene rings is 1. The Labute approximate surface area is 97.5 Å². The predicted octanol–water partition coefficient (Wildman–Crippen LogP) is 1.83. The van der Waals surface area contributed by atoms with Gasteiger partial charge in [-0.15, -0.1) is 0 Å². The number of sulfonamides is 1. The Morgan fingerprint density at radius 2 is 1.88 bits per heavy atom. The highest BCUT2D eigenvalue weighted by Crippen LogP contribution is 2.35. The molecule has 1 rings (SSSR count). The van der Waals surface area contributed by atoms with E-state index in [-0.39, 0.29) is 5.56 Å². The second kappa shape index (κ2) is 4.66. The van der Waals surface area contributed by atoms with Gasteiger partial charge in [-0.3, -0.25) is 0 Å². The number of halogens is 3. The molecule has 0 fully saturated rings. The van der Waals surface area contributed by atoms with Gasteiger partial charge in [0.05, 0.1) is 10.3 Å². The summed E-state index contributed by atoms with van der Waals surface area (Å²) >= 11 is 0. The third-order valence-electron chi connectivity index (χ3n) is 2.57. The van der Waals surface area contributed by atoms with Crippen LogP contribution in [0, 0.1) is 0 Å². The second-order valence-electron chi connectivity index (χ2n) is 3.89. The van der Waals surface area contributed by atoms with Gasteiger partial charge in [-0.25, -0.2) is 26.7 Å². The van der Waals surface area contributed by atoms with Gasteiger partial charge in [0, 0.05) is 0 Å². The van der Waals surface area contributed by atoms with Gasteiger partial charge < -0.3 is 0 Å². The van der Waals surface area contributed by atoms with E-state index in [1.165, 1.54) is 12.1 Å². The van der Waals surface area contributed by atoms with Crippen molar-refractivity contribution in [2.24, 2.45) is 5.14 Å². The van der Waals surface area contributed by atoms with Crippen LogP contribution in [0.3, 0.4) is 0 Å². The van der Waals surface area contributed by atoms with Crippen molar-refractivity contribution in [1.82, 2.24) is 0 Å². The molecule has 0 aliphatic rings. The molecule has 96 valence electrons. The van der Waals surface area contributed by atoms with Crippen molar-refractivity contribution in [3.05, 3.63) is 29.8 Å². The lowest BCUT2D eigenvalue weighted by Gasteiger charge is -2.27. The zero-order valence-electron chi connectivity index (χ0n) is 9.03. The third kappa shape index (κ3) is 2.61. The molecule has 1 unspecified atom stereocenters. The first-order valence-electron chi connectivity index (χ1n) is 4.70. The molecule has 1 aromatic rings. The summed E-state index contributed by atoms with van der Waals surface area (Å²) in [7, 11) is -4.16. The van der Waals surface area contributed by atoms with Crippen molar-refractivity contribution in [3.63, 3.8) is 0 Å². The highest BCUT2D eigenvalue weighted by molar-refractivity contribution is 7.89. The van der Waals surface area contributed by atoms with Gasteiger partial charge in [0.2, 0.25) is 16.4 Å². The molecule has 1 atom stereocenters. The fourth-order valence-corrected chi connectivity index (χ4v) is 2.31. The Hall–Kier alpha value is -1.08.